The smallest absolute Gasteiger partial charge is 0.303 e. The van der Waals surface area contributed by atoms with Crippen molar-refractivity contribution in [2.75, 3.05) is 28.4 Å². The highest BCUT2D eigenvalue weighted by Gasteiger charge is 2.35. The van der Waals surface area contributed by atoms with Crippen LogP contribution in [0, 0.1) is 0 Å². The van der Waals surface area contributed by atoms with Crippen LogP contribution >= 0.6 is 0 Å². The molecule has 7 nitrogen and oxygen atoms in total. The molecule has 0 saturated carbocycles. The van der Waals surface area contributed by atoms with Crippen LogP contribution in [0.2, 0.25) is 0 Å². The van der Waals surface area contributed by atoms with E-state index in [9.17, 15) is 4.79 Å². The van der Waals surface area contributed by atoms with Crippen molar-refractivity contribution < 1.29 is 33.2 Å². The molecule has 150 valence electrons. The van der Waals surface area contributed by atoms with Crippen LogP contribution in [0.25, 0.3) is 0 Å². The molecule has 1 heterocycles. The van der Waals surface area contributed by atoms with Gasteiger partial charge in [-0.1, -0.05) is 6.07 Å². The van der Waals surface area contributed by atoms with Gasteiger partial charge in [-0.25, -0.2) is 0 Å². The fraction of sp³-hybridized carbons (Fsp3) is 0.381. The molecule has 0 bridgehead atoms. The quantitative estimate of drug-likeness (QED) is 0.703. The number of carbonyl (C=O) groups excluding carboxylic acids is 1. The lowest BCUT2D eigenvalue weighted by Gasteiger charge is -2.34. The Bertz CT molecular complexity index is 837. The minimum Gasteiger partial charge on any atom is -0.497 e. The summed E-state index contributed by atoms with van der Waals surface area (Å²) in [4.78, 5) is 11.7. The normalized spacial score (nSPS) is 17.8. The number of rotatable bonds is 6. The van der Waals surface area contributed by atoms with E-state index in [1.54, 1.807) is 40.6 Å². The number of methoxy groups -OCH3 is 4. The van der Waals surface area contributed by atoms with E-state index in [4.69, 9.17) is 28.4 Å². The molecule has 0 saturated heterocycles. The molecule has 1 aliphatic heterocycles. The molecule has 2 atom stereocenters. The van der Waals surface area contributed by atoms with E-state index < -0.39 is 12.2 Å². The van der Waals surface area contributed by atoms with E-state index in [-0.39, 0.29) is 5.97 Å². The Morgan fingerprint density at radius 1 is 0.964 bits per heavy atom. The molecule has 0 spiro atoms. The lowest BCUT2D eigenvalue weighted by Crippen LogP contribution is -2.34. The summed E-state index contributed by atoms with van der Waals surface area (Å²) in [5.41, 5.74) is 1.69. The predicted molar refractivity (Wildman–Crippen MR) is 102 cm³/mol. The van der Waals surface area contributed by atoms with Gasteiger partial charge in [0.15, 0.2) is 17.6 Å². The molecule has 0 amide bonds. The SMILES string of the molecule is COc1ccc2c(c1)O[C@H](c1cc(OC)c(OC)c(OC)c1)[C@@H](OC(C)=O)C2. The molecule has 28 heavy (non-hydrogen) atoms. The topological polar surface area (TPSA) is 72.5 Å². The van der Waals surface area contributed by atoms with Crippen LogP contribution in [0.5, 0.6) is 28.7 Å². The molecule has 0 aliphatic carbocycles. The average molecular weight is 388 g/mol. The van der Waals surface area contributed by atoms with Crippen LogP contribution in [-0.4, -0.2) is 40.5 Å². The number of hydrogen-bond donors (Lipinski definition) is 0. The maximum absolute atomic E-state index is 11.7. The van der Waals surface area contributed by atoms with Gasteiger partial charge in [0, 0.05) is 25.0 Å². The molecule has 0 unspecified atom stereocenters. The average Bonchev–Trinajstić information content (AvgIpc) is 2.71. The molecule has 0 N–H and O–H groups in total. The molecular weight excluding hydrogens is 364 g/mol. The molecule has 2 aromatic carbocycles. The molecule has 7 heteroatoms. The highest BCUT2D eigenvalue weighted by Crippen LogP contribution is 2.44. The third-order valence-corrected chi connectivity index (χ3v) is 4.62. The molecule has 0 aromatic heterocycles. The first kappa shape index (κ1) is 19.7. The minimum absolute atomic E-state index is 0.372. The summed E-state index contributed by atoms with van der Waals surface area (Å²) in [6, 6.07) is 9.19. The van der Waals surface area contributed by atoms with Gasteiger partial charge in [-0.2, -0.15) is 0 Å². The zero-order valence-electron chi connectivity index (χ0n) is 16.6. The van der Waals surface area contributed by atoms with Crippen molar-refractivity contribution in [1.29, 1.82) is 0 Å². The largest absolute Gasteiger partial charge is 0.497 e. The van der Waals surface area contributed by atoms with Crippen molar-refractivity contribution >= 4 is 5.97 Å². The summed E-state index contributed by atoms with van der Waals surface area (Å²) in [5, 5.41) is 0. The van der Waals surface area contributed by atoms with Gasteiger partial charge < -0.3 is 28.4 Å². The Kier molecular flexibility index (Phi) is 5.82. The summed E-state index contributed by atoms with van der Waals surface area (Å²) in [7, 11) is 6.24. The summed E-state index contributed by atoms with van der Waals surface area (Å²) in [6.45, 7) is 1.38. The number of fused-ring (bicyclic) bond motifs is 1. The van der Waals surface area contributed by atoms with Gasteiger partial charge in [-0.3, -0.25) is 4.79 Å². The molecule has 0 fully saturated rings. The van der Waals surface area contributed by atoms with Gasteiger partial charge >= 0.3 is 5.97 Å². The van der Waals surface area contributed by atoms with Crippen LogP contribution in [0.4, 0.5) is 0 Å². The van der Waals surface area contributed by atoms with Crippen molar-refractivity contribution in [3.8, 4) is 28.7 Å². The minimum atomic E-state index is -0.544. The molecule has 1 aliphatic rings. The van der Waals surface area contributed by atoms with E-state index in [1.807, 2.05) is 18.2 Å². The number of hydrogen-bond acceptors (Lipinski definition) is 7. The van der Waals surface area contributed by atoms with Crippen molar-refractivity contribution in [2.45, 2.75) is 25.6 Å². The van der Waals surface area contributed by atoms with Gasteiger partial charge in [0.2, 0.25) is 5.75 Å². The number of carbonyl (C=O) groups is 1. The Morgan fingerprint density at radius 3 is 2.18 bits per heavy atom. The van der Waals surface area contributed by atoms with Gasteiger partial charge in [0.1, 0.15) is 17.6 Å². The van der Waals surface area contributed by atoms with E-state index in [2.05, 4.69) is 0 Å². The van der Waals surface area contributed by atoms with Crippen LogP contribution in [0.3, 0.4) is 0 Å². The number of ether oxygens (including phenoxy) is 6. The fourth-order valence-corrected chi connectivity index (χ4v) is 3.34. The van der Waals surface area contributed by atoms with E-state index in [0.717, 1.165) is 11.1 Å². The highest BCUT2D eigenvalue weighted by molar-refractivity contribution is 5.66. The maximum Gasteiger partial charge on any atom is 0.303 e. The fourth-order valence-electron chi connectivity index (χ4n) is 3.34. The Labute approximate surface area is 164 Å². The van der Waals surface area contributed by atoms with E-state index in [0.29, 0.717) is 35.2 Å². The van der Waals surface area contributed by atoms with Crippen molar-refractivity contribution in [2.24, 2.45) is 0 Å². The van der Waals surface area contributed by atoms with Crippen LogP contribution in [-0.2, 0) is 16.0 Å². The van der Waals surface area contributed by atoms with Crippen LogP contribution < -0.4 is 23.7 Å². The summed E-state index contributed by atoms with van der Waals surface area (Å²) < 4.78 is 33.4. The number of esters is 1. The summed E-state index contributed by atoms with van der Waals surface area (Å²) in [6.07, 6.45) is -0.529. The van der Waals surface area contributed by atoms with Crippen molar-refractivity contribution in [3.05, 3.63) is 41.5 Å². The zero-order valence-corrected chi connectivity index (χ0v) is 16.6. The number of benzene rings is 2. The van der Waals surface area contributed by atoms with Gasteiger partial charge in [-0.05, 0) is 23.8 Å². The Balaban J connectivity index is 2.07. The van der Waals surface area contributed by atoms with Crippen LogP contribution in [0.1, 0.15) is 24.2 Å². The van der Waals surface area contributed by atoms with Crippen molar-refractivity contribution in [3.63, 3.8) is 0 Å². The first-order valence-corrected chi connectivity index (χ1v) is 8.81. The van der Waals surface area contributed by atoms with Gasteiger partial charge in [-0.15, -0.1) is 0 Å². The zero-order chi connectivity index (χ0) is 20.3. The Hall–Kier alpha value is -3.09. The van der Waals surface area contributed by atoms with Crippen LogP contribution in [0.15, 0.2) is 30.3 Å². The second-order valence-corrected chi connectivity index (χ2v) is 6.32. The first-order chi connectivity index (χ1) is 13.5. The molecule has 0 radical (unpaired) electrons. The van der Waals surface area contributed by atoms with E-state index in [1.165, 1.54) is 6.92 Å². The Morgan fingerprint density at radius 2 is 1.64 bits per heavy atom. The summed E-state index contributed by atoms with van der Waals surface area (Å²) >= 11 is 0. The monoisotopic (exact) mass is 388 g/mol. The lowest BCUT2D eigenvalue weighted by molar-refractivity contribution is -0.152. The van der Waals surface area contributed by atoms with Crippen molar-refractivity contribution in [1.82, 2.24) is 0 Å². The first-order valence-electron chi connectivity index (χ1n) is 8.81. The standard InChI is InChI=1S/C21H24O7/c1-12(22)27-19-8-13-6-7-15(23-2)11-16(13)28-20(19)14-9-17(24-3)21(26-5)18(10-14)25-4/h6-7,9-11,19-20H,8H2,1-5H3/t19-,20+/m0/s1. The molecule has 3 rings (SSSR count). The summed E-state index contributed by atoms with van der Waals surface area (Å²) in [5.74, 6) is 2.48. The lowest BCUT2D eigenvalue weighted by atomic mass is 9.94. The van der Waals surface area contributed by atoms with Gasteiger partial charge in [0.25, 0.3) is 0 Å². The highest BCUT2D eigenvalue weighted by atomic mass is 16.6. The van der Waals surface area contributed by atoms with Gasteiger partial charge in [0.05, 0.1) is 28.4 Å². The molecular formula is C21H24O7. The van der Waals surface area contributed by atoms with E-state index >= 15 is 0 Å². The second-order valence-electron chi connectivity index (χ2n) is 6.32. The molecule has 2 aromatic rings. The maximum atomic E-state index is 11.7. The third kappa shape index (κ3) is 3.78. The third-order valence-electron chi connectivity index (χ3n) is 4.62. The predicted octanol–water partition coefficient (Wildman–Crippen LogP) is 3.33. The second kappa shape index (κ2) is 8.29.